The molecule has 0 bridgehead atoms. The maximum absolute atomic E-state index is 13.8. The highest BCUT2D eigenvalue weighted by molar-refractivity contribution is 7.90. The van der Waals surface area contributed by atoms with Crippen molar-refractivity contribution in [2.24, 2.45) is 0 Å². The molecule has 0 radical (unpaired) electrons. The van der Waals surface area contributed by atoms with Gasteiger partial charge in [-0.3, -0.25) is 4.79 Å². The van der Waals surface area contributed by atoms with E-state index in [0.717, 1.165) is 22.6 Å². The summed E-state index contributed by atoms with van der Waals surface area (Å²) in [6.07, 6.45) is 0.848. The second kappa shape index (κ2) is 10.00. The molecular weight excluding hydrogens is 464 g/mol. The Bertz CT molecular complexity index is 1300. The number of para-hydroxylation sites is 2. The fraction of sp³-hybridized carbons (Fsp3) is 0.296. The Balaban J connectivity index is 1.67. The number of piperidine rings is 1. The highest BCUT2D eigenvalue weighted by Crippen LogP contribution is 2.40. The summed E-state index contributed by atoms with van der Waals surface area (Å²) in [4.78, 5) is 16.0. The topological polar surface area (TPSA) is 84.9 Å². The maximum atomic E-state index is 13.8. The molecule has 3 aromatic carbocycles. The van der Waals surface area contributed by atoms with Crippen LogP contribution < -0.4 is 19.1 Å². The van der Waals surface area contributed by atoms with Crippen LogP contribution in [0.15, 0.2) is 77.7 Å². The van der Waals surface area contributed by atoms with Gasteiger partial charge in [-0.15, -0.1) is 0 Å². The van der Waals surface area contributed by atoms with E-state index in [-0.39, 0.29) is 4.90 Å². The third-order valence-electron chi connectivity index (χ3n) is 6.66. The van der Waals surface area contributed by atoms with E-state index in [4.69, 9.17) is 9.47 Å². The van der Waals surface area contributed by atoms with Gasteiger partial charge >= 0.3 is 0 Å². The molecule has 0 saturated carbocycles. The number of methoxy groups -OCH3 is 2. The molecular formula is C27H30N2O5S. The van der Waals surface area contributed by atoms with Gasteiger partial charge in [0.25, 0.3) is 10.0 Å². The maximum Gasteiger partial charge on any atom is 0.264 e. The number of hydrogen-bond acceptors (Lipinski definition) is 6. The number of nitrogens with zero attached hydrogens (tertiary/aromatic N) is 1. The van der Waals surface area contributed by atoms with E-state index in [1.807, 2.05) is 55.5 Å². The van der Waals surface area contributed by atoms with Crippen LogP contribution in [-0.2, 0) is 20.2 Å². The van der Waals surface area contributed by atoms with Gasteiger partial charge in [0.05, 0.1) is 30.2 Å². The molecule has 0 aromatic heterocycles. The van der Waals surface area contributed by atoms with E-state index in [2.05, 4.69) is 9.62 Å². The molecule has 0 atom stereocenters. The first-order valence-electron chi connectivity index (χ1n) is 11.5. The Morgan fingerprint density at radius 2 is 1.60 bits per heavy atom. The minimum atomic E-state index is -4.03. The first-order valence-corrected chi connectivity index (χ1v) is 12.9. The summed E-state index contributed by atoms with van der Waals surface area (Å²) in [6, 6.07) is 21.5. The average molecular weight is 495 g/mol. The molecule has 35 heavy (non-hydrogen) atoms. The lowest BCUT2D eigenvalue weighted by molar-refractivity contribution is -0.125. The van der Waals surface area contributed by atoms with Crippen LogP contribution in [0.1, 0.15) is 24.0 Å². The number of aryl methyl sites for hydroxylation is 1. The van der Waals surface area contributed by atoms with Crippen molar-refractivity contribution < 1.29 is 22.7 Å². The zero-order valence-corrected chi connectivity index (χ0v) is 21.0. The molecule has 8 heteroatoms. The van der Waals surface area contributed by atoms with Crippen molar-refractivity contribution in [2.45, 2.75) is 30.1 Å². The van der Waals surface area contributed by atoms with Gasteiger partial charge < -0.3 is 14.4 Å². The molecule has 7 nitrogen and oxygen atoms in total. The third kappa shape index (κ3) is 4.98. The normalized spacial score (nSPS) is 15.3. The van der Waals surface area contributed by atoms with Gasteiger partial charge in [0.1, 0.15) is 11.5 Å². The standard InChI is InChI=1S/C27H30N2O5S/c1-20-11-13-23(14-12-20)35(31,32)28-26(30)27(21-7-6-8-22(19-21)33-2)15-17-29(18-16-27)24-9-4-5-10-25(24)34-3/h4-14,19H,15-18H2,1-3H3,(H,28,30). The van der Waals surface area contributed by atoms with Crippen LogP contribution in [0.3, 0.4) is 0 Å². The first-order chi connectivity index (χ1) is 16.8. The second-order valence-corrected chi connectivity index (χ2v) is 10.4. The van der Waals surface area contributed by atoms with Crippen molar-refractivity contribution in [2.75, 3.05) is 32.2 Å². The Morgan fingerprint density at radius 1 is 0.914 bits per heavy atom. The Kier molecular flexibility index (Phi) is 7.03. The van der Waals surface area contributed by atoms with Crippen LogP contribution >= 0.6 is 0 Å². The van der Waals surface area contributed by atoms with Crippen molar-refractivity contribution in [3.63, 3.8) is 0 Å². The SMILES string of the molecule is COc1cccc(C2(C(=O)NS(=O)(=O)c3ccc(C)cc3)CCN(c3ccccc3OC)CC2)c1. The van der Waals surface area contributed by atoms with Crippen LogP contribution in [0.4, 0.5) is 5.69 Å². The van der Waals surface area contributed by atoms with E-state index >= 15 is 0 Å². The summed E-state index contributed by atoms with van der Waals surface area (Å²) in [6.45, 7) is 2.98. The predicted molar refractivity (Wildman–Crippen MR) is 136 cm³/mol. The number of anilines is 1. The van der Waals surface area contributed by atoms with Gasteiger partial charge in [0.2, 0.25) is 5.91 Å². The van der Waals surface area contributed by atoms with Crippen molar-refractivity contribution in [3.05, 3.63) is 83.9 Å². The largest absolute Gasteiger partial charge is 0.497 e. The number of ether oxygens (including phenoxy) is 2. The Morgan fingerprint density at radius 3 is 2.26 bits per heavy atom. The van der Waals surface area contributed by atoms with Crippen molar-refractivity contribution in [1.29, 1.82) is 0 Å². The Labute approximate surface area is 206 Å². The molecule has 1 saturated heterocycles. The van der Waals surface area contributed by atoms with E-state index in [1.54, 1.807) is 26.4 Å². The summed E-state index contributed by atoms with van der Waals surface area (Å²) >= 11 is 0. The highest BCUT2D eigenvalue weighted by atomic mass is 32.2. The number of carbonyl (C=O) groups excluding carboxylic acids is 1. The van der Waals surface area contributed by atoms with Crippen LogP contribution in [0, 0.1) is 6.92 Å². The molecule has 0 unspecified atom stereocenters. The summed E-state index contributed by atoms with van der Waals surface area (Å²) in [5.41, 5.74) is 1.58. The predicted octanol–water partition coefficient (Wildman–Crippen LogP) is 4.06. The fourth-order valence-corrected chi connectivity index (χ4v) is 5.64. The second-order valence-electron chi connectivity index (χ2n) is 8.72. The fourth-order valence-electron chi connectivity index (χ4n) is 4.58. The molecule has 1 N–H and O–H groups in total. The number of amides is 1. The number of rotatable bonds is 7. The van der Waals surface area contributed by atoms with Gasteiger partial charge in [-0.1, -0.05) is 42.0 Å². The van der Waals surface area contributed by atoms with Gasteiger partial charge in [0.15, 0.2) is 0 Å². The molecule has 1 aliphatic rings. The molecule has 4 rings (SSSR count). The summed E-state index contributed by atoms with van der Waals surface area (Å²) in [7, 11) is -0.829. The van der Waals surface area contributed by atoms with E-state index in [1.165, 1.54) is 12.1 Å². The molecule has 0 aliphatic carbocycles. The molecule has 1 heterocycles. The molecule has 184 valence electrons. The number of nitrogens with one attached hydrogen (secondary N) is 1. The summed E-state index contributed by atoms with van der Waals surface area (Å²) in [5.74, 6) is 0.835. The lowest BCUT2D eigenvalue weighted by atomic mass is 9.72. The third-order valence-corrected chi connectivity index (χ3v) is 8.01. The zero-order chi connectivity index (χ0) is 25.1. The number of sulfonamides is 1. The zero-order valence-electron chi connectivity index (χ0n) is 20.2. The lowest BCUT2D eigenvalue weighted by Crippen LogP contribution is -2.53. The van der Waals surface area contributed by atoms with Gasteiger partial charge in [-0.25, -0.2) is 13.1 Å². The van der Waals surface area contributed by atoms with Crippen molar-refractivity contribution in [3.8, 4) is 11.5 Å². The van der Waals surface area contributed by atoms with Gasteiger partial charge in [0, 0.05) is 13.1 Å². The number of benzene rings is 3. The van der Waals surface area contributed by atoms with E-state index in [9.17, 15) is 13.2 Å². The Hall–Kier alpha value is -3.52. The quantitative estimate of drug-likeness (QED) is 0.533. The molecule has 0 spiro atoms. The van der Waals surface area contributed by atoms with E-state index < -0.39 is 21.3 Å². The average Bonchev–Trinajstić information content (AvgIpc) is 2.88. The van der Waals surface area contributed by atoms with Crippen LogP contribution in [-0.4, -0.2) is 41.6 Å². The van der Waals surface area contributed by atoms with Crippen LogP contribution in [0.5, 0.6) is 11.5 Å². The van der Waals surface area contributed by atoms with Gasteiger partial charge in [-0.05, 0) is 61.7 Å². The van der Waals surface area contributed by atoms with Crippen LogP contribution in [0.2, 0.25) is 0 Å². The van der Waals surface area contributed by atoms with Crippen LogP contribution in [0.25, 0.3) is 0 Å². The molecule has 1 aliphatic heterocycles. The first kappa shape index (κ1) is 24.6. The molecule has 3 aromatic rings. The monoisotopic (exact) mass is 494 g/mol. The number of hydrogen-bond donors (Lipinski definition) is 1. The highest BCUT2D eigenvalue weighted by Gasteiger charge is 2.45. The van der Waals surface area contributed by atoms with Crippen molar-refractivity contribution >= 4 is 21.6 Å². The minimum Gasteiger partial charge on any atom is -0.497 e. The minimum absolute atomic E-state index is 0.0590. The number of carbonyl (C=O) groups is 1. The molecule has 1 amide bonds. The summed E-state index contributed by atoms with van der Waals surface area (Å²) < 4.78 is 39.4. The van der Waals surface area contributed by atoms with Crippen molar-refractivity contribution in [1.82, 2.24) is 4.72 Å². The molecule has 1 fully saturated rings. The lowest BCUT2D eigenvalue weighted by Gasteiger charge is -2.42. The summed E-state index contributed by atoms with van der Waals surface area (Å²) in [5, 5.41) is 0. The van der Waals surface area contributed by atoms with Gasteiger partial charge in [-0.2, -0.15) is 0 Å². The van der Waals surface area contributed by atoms with E-state index in [0.29, 0.717) is 31.7 Å². The smallest absolute Gasteiger partial charge is 0.264 e.